The van der Waals surface area contributed by atoms with E-state index in [1.807, 2.05) is 6.07 Å². The average molecular weight is 414 g/mol. The number of anilines is 1. The van der Waals surface area contributed by atoms with E-state index < -0.39 is 0 Å². The summed E-state index contributed by atoms with van der Waals surface area (Å²) in [5, 5.41) is 5.67. The Morgan fingerprint density at radius 1 is 0.935 bits per heavy atom. The maximum Gasteiger partial charge on any atom is 0.228 e. The van der Waals surface area contributed by atoms with E-state index in [0.717, 1.165) is 51.3 Å². The highest BCUT2D eigenvalue weighted by atomic mass is 16.2. The molecule has 1 aliphatic heterocycles. The van der Waals surface area contributed by atoms with Crippen LogP contribution in [-0.4, -0.2) is 55.5 Å². The number of hydrogen-bond donors (Lipinski definition) is 1. The topological polar surface area (TPSA) is 35.6 Å². The smallest absolute Gasteiger partial charge is 0.228 e. The van der Waals surface area contributed by atoms with Crippen LogP contribution in [-0.2, 0) is 11.2 Å². The summed E-state index contributed by atoms with van der Waals surface area (Å²) in [7, 11) is 2.19. The molecule has 5 rings (SSSR count). The molecule has 0 unspecified atom stereocenters. The second-order valence-electron chi connectivity index (χ2n) is 9.14. The zero-order chi connectivity index (χ0) is 21.2. The fraction of sp³-hybridized carbons (Fsp3) is 0.370. The van der Waals surface area contributed by atoms with Crippen LogP contribution in [0.2, 0.25) is 0 Å². The van der Waals surface area contributed by atoms with Gasteiger partial charge in [-0.2, -0.15) is 0 Å². The molecule has 160 valence electrons. The summed E-state index contributed by atoms with van der Waals surface area (Å²) in [4.78, 5) is 17.8. The second kappa shape index (κ2) is 8.81. The summed E-state index contributed by atoms with van der Waals surface area (Å²) in [6, 6.07) is 23.4. The van der Waals surface area contributed by atoms with E-state index in [9.17, 15) is 4.79 Å². The van der Waals surface area contributed by atoms with Crippen LogP contribution in [0.4, 0.5) is 5.69 Å². The third-order valence-corrected chi connectivity index (χ3v) is 6.84. The van der Waals surface area contributed by atoms with E-state index >= 15 is 0 Å². The summed E-state index contributed by atoms with van der Waals surface area (Å²) < 4.78 is 0. The molecule has 2 atom stereocenters. The molecule has 3 aromatic rings. The fourth-order valence-corrected chi connectivity index (χ4v) is 4.69. The molecule has 1 saturated carbocycles. The van der Waals surface area contributed by atoms with Gasteiger partial charge in [-0.15, -0.1) is 0 Å². The number of carbonyl (C=O) groups excluding carboxylic acids is 1. The van der Waals surface area contributed by atoms with Gasteiger partial charge < -0.3 is 15.1 Å². The van der Waals surface area contributed by atoms with Gasteiger partial charge in [-0.1, -0.05) is 54.6 Å². The molecule has 1 heterocycles. The first kappa shape index (κ1) is 20.2. The van der Waals surface area contributed by atoms with Gasteiger partial charge >= 0.3 is 0 Å². The predicted octanol–water partition coefficient (Wildman–Crippen LogP) is 4.37. The maximum absolute atomic E-state index is 12.8. The normalized spacial score (nSPS) is 21.8. The monoisotopic (exact) mass is 413 g/mol. The number of benzene rings is 3. The molecular formula is C27H31N3O. The Morgan fingerprint density at radius 2 is 1.74 bits per heavy atom. The van der Waals surface area contributed by atoms with Crippen molar-refractivity contribution >= 4 is 22.4 Å². The highest BCUT2D eigenvalue weighted by Gasteiger charge is 2.44. The zero-order valence-corrected chi connectivity index (χ0v) is 18.3. The van der Waals surface area contributed by atoms with Gasteiger partial charge in [0.1, 0.15) is 0 Å². The second-order valence-corrected chi connectivity index (χ2v) is 9.14. The number of nitrogens with zero attached hydrogens (tertiary/aromatic N) is 2. The van der Waals surface area contributed by atoms with Crippen molar-refractivity contribution in [1.29, 1.82) is 0 Å². The summed E-state index contributed by atoms with van der Waals surface area (Å²) in [5.74, 6) is 0.564. The molecule has 2 aliphatic rings. The van der Waals surface area contributed by atoms with Gasteiger partial charge in [-0.3, -0.25) is 4.79 Å². The standard InChI is InChI=1S/C27H31N3O/c1-29-13-15-30(16-14-29)12-11-20-5-4-8-24(17-20)28-27(31)26-19-25(26)23-10-9-21-6-2-3-7-22(21)18-23/h2-10,17-18,25-26H,11-16,19H2,1H3,(H,28,31)/t25-,26-/m1/s1. The minimum atomic E-state index is 0.0788. The Labute approximate surface area is 184 Å². The Balaban J connectivity index is 1.17. The fourth-order valence-electron chi connectivity index (χ4n) is 4.69. The van der Waals surface area contributed by atoms with E-state index in [1.54, 1.807) is 0 Å². The van der Waals surface area contributed by atoms with Gasteiger partial charge in [0.15, 0.2) is 0 Å². The van der Waals surface area contributed by atoms with Gasteiger partial charge in [0.25, 0.3) is 0 Å². The molecule has 3 aromatic carbocycles. The molecule has 0 spiro atoms. The Morgan fingerprint density at radius 3 is 2.58 bits per heavy atom. The molecule has 1 N–H and O–H groups in total. The quantitative estimate of drug-likeness (QED) is 0.652. The van der Waals surface area contributed by atoms with E-state index in [4.69, 9.17) is 0 Å². The van der Waals surface area contributed by atoms with Crippen molar-refractivity contribution in [3.63, 3.8) is 0 Å². The molecular weight excluding hydrogens is 382 g/mol. The summed E-state index contributed by atoms with van der Waals surface area (Å²) in [5.41, 5.74) is 3.49. The molecule has 4 nitrogen and oxygen atoms in total. The van der Waals surface area contributed by atoms with Crippen molar-refractivity contribution in [3.05, 3.63) is 77.9 Å². The summed E-state index contributed by atoms with van der Waals surface area (Å²) in [6.07, 6.45) is 1.96. The summed E-state index contributed by atoms with van der Waals surface area (Å²) >= 11 is 0. The van der Waals surface area contributed by atoms with Gasteiger partial charge in [-0.05, 0) is 59.8 Å². The van der Waals surface area contributed by atoms with Gasteiger partial charge in [0.05, 0.1) is 0 Å². The Bertz CT molecular complexity index is 1070. The van der Waals surface area contributed by atoms with Crippen molar-refractivity contribution in [3.8, 4) is 0 Å². The van der Waals surface area contributed by atoms with Crippen LogP contribution in [0.15, 0.2) is 66.7 Å². The van der Waals surface area contributed by atoms with E-state index in [1.165, 1.54) is 21.9 Å². The number of rotatable bonds is 6. The highest BCUT2D eigenvalue weighted by Crippen LogP contribution is 2.48. The van der Waals surface area contributed by atoms with E-state index in [2.05, 4.69) is 82.8 Å². The van der Waals surface area contributed by atoms with Crippen molar-refractivity contribution in [2.75, 3.05) is 45.1 Å². The highest BCUT2D eigenvalue weighted by molar-refractivity contribution is 5.95. The lowest BCUT2D eigenvalue weighted by molar-refractivity contribution is -0.117. The van der Waals surface area contributed by atoms with Crippen molar-refractivity contribution in [2.24, 2.45) is 5.92 Å². The van der Waals surface area contributed by atoms with Crippen molar-refractivity contribution in [1.82, 2.24) is 9.80 Å². The molecule has 1 aliphatic carbocycles. The van der Waals surface area contributed by atoms with E-state index in [-0.39, 0.29) is 11.8 Å². The Hall–Kier alpha value is -2.69. The first-order valence-electron chi connectivity index (χ1n) is 11.4. The molecule has 31 heavy (non-hydrogen) atoms. The third kappa shape index (κ3) is 4.81. The lowest BCUT2D eigenvalue weighted by atomic mass is 10.0. The van der Waals surface area contributed by atoms with Crippen LogP contribution in [0.1, 0.15) is 23.5 Å². The van der Waals surface area contributed by atoms with E-state index in [0.29, 0.717) is 5.92 Å². The maximum atomic E-state index is 12.8. The molecule has 1 amide bonds. The zero-order valence-electron chi connectivity index (χ0n) is 18.3. The van der Waals surface area contributed by atoms with Crippen molar-refractivity contribution < 1.29 is 4.79 Å². The third-order valence-electron chi connectivity index (χ3n) is 6.84. The minimum Gasteiger partial charge on any atom is -0.326 e. The number of amides is 1. The first-order chi connectivity index (χ1) is 15.2. The molecule has 1 saturated heterocycles. The SMILES string of the molecule is CN1CCN(CCc2cccc(NC(=O)[C@@H]3C[C@@H]3c3ccc4ccccc4c3)c2)CC1. The van der Waals surface area contributed by atoms with Gasteiger partial charge in [0.2, 0.25) is 5.91 Å². The number of piperazine rings is 1. The number of fused-ring (bicyclic) bond motifs is 1. The van der Waals surface area contributed by atoms with Gasteiger partial charge in [-0.25, -0.2) is 0 Å². The minimum absolute atomic E-state index is 0.0788. The molecule has 0 bridgehead atoms. The number of nitrogens with one attached hydrogen (secondary N) is 1. The average Bonchev–Trinajstić information content (AvgIpc) is 3.60. The molecule has 0 aromatic heterocycles. The van der Waals surface area contributed by atoms with Gasteiger partial charge in [0, 0.05) is 44.3 Å². The van der Waals surface area contributed by atoms with Crippen LogP contribution in [0, 0.1) is 5.92 Å². The predicted molar refractivity (Wildman–Crippen MR) is 128 cm³/mol. The summed E-state index contributed by atoms with van der Waals surface area (Å²) in [6.45, 7) is 5.67. The van der Waals surface area contributed by atoms with Crippen molar-refractivity contribution in [2.45, 2.75) is 18.8 Å². The van der Waals surface area contributed by atoms with Crippen LogP contribution < -0.4 is 5.32 Å². The van der Waals surface area contributed by atoms with Crippen LogP contribution >= 0.6 is 0 Å². The van der Waals surface area contributed by atoms with Crippen LogP contribution in [0.5, 0.6) is 0 Å². The molecule has 2 fully saturated rings. The number of likely N-dealkylation sites (N-methyl/N-ethyl adjacent to an activating group) is 1. The lowest BCUT2D eigenvalue weighted by Crippen LogP contribution is -2.45. The number of carbonyl (C=O) groups is 1. The largest absolute Gasteiger partial charge is 0.326 e. The van der Waals surface area contributed by atoms with Crippen LogP contribution in [0.3, 0.4) is 0 Å². The number of hydrogen-bond acceptors (Lipinski definition) is 3. The van der Waals surface area contributed by atoms with Crippen LogP contribution in [0.25, 0.3) is 10.8 Å². The Kier molecular flexibility index (Phi) is 5.75. The lowest BCUT2D eigenvalue weighted by Gasteiger charge is -2.32. The molecule has 0 radical (unpaired) electrons. The molecule has 4 heteroatoms. The first-order valence-corrected chi connectivity index (χ1v) is 11.4.